The Balaban J connectivity index is 2.12. The van der Waals surface area contributed by atoms with Crippen molar-refractivity contribution >= 4 is 18.0 Å². The average Bonchev–Trinajstić information content (AvgIpc) is 2.40. The van der Waals surface area contributed by atoms with Crippen molar-refractivity contribution in [1.82, 2.24) is 0 Å². The molecule has 0 radical (unpaired) electrons. The summed E-state index contributed by atoms with van der Waals surface area (Å²) < 4.78 is 13.2. The zero-order chi connectivity index (χ0) is 12.8. The predicted molar refractivity (Wildman–Crippen MR) is 72.2 cm³/mol. The molecule has 3 heteroatoms. The third-order valence-corrected chi connectivity index (χ3v) is 3.74. The molecule has 0 heterocycles. The lowest BCUT2D eigenvalue weighted by molar-refractivity contribution is -0.107. The van der Waals surface area contributed by atoms with Crippen LogP contribution in [-0.4, -0.2) is 6.29 Å². The van der Waals surface area contributed by atoms with Gasteiger partial charge in [0.05, 0.1) is 0 Å². The number of halogens is 1. The molecule has 0 aliphatic heterocycles. The first-order valence-electron chi connectivity index (χ1n) is 5.68. The van der Waals surface area contributed by atoms with Gasteiger partial charge in [0.1, 0.15) is 12.1 Å². The van der Waals surface area contributed by atoms with Crippen LogP contribution in [0.3, 0.4) is 0 Å². The third-order valence-electron chi connectivity index (χ3n) is 2.57. The van der Waals surface area contributed by atoms with Crippen LogP contribution >= 0.6 is 11.8 Å². The van der Waals surface area contributed by atoms with Crippen LogP contribution < -0.4 is 0 Å². The molecule has 0 saturated heterocycles. The molecule has 0 saturated carbocycles. The van der Waals surface area contributed by atoms with Crippen LogP contribution in [0, 0.1) is 5.82 Å². The van der Waals surface area contributed by atoms with Crippen molar-refractivity contribution in [2.75, 3.05) is 0 Å². The number of thioether (sulfide) groups is 1. The fourth-order valence-electron chi connectivity index (χ4n) is 1.66. The van der Waals surface area contributed by atoms with Gasteiger partial charge in [0.25, 0.3) is 0 Å². The molecular formula is C15H13FOS. The molecule has 0 aliphatic rings. The molecule has 18 heavy (non-hydrogen) atoms. The highest BCUT2D eigenvalue weighted by molar-refractivity contribution is 7.98. The van der Waals surface area contributed by atoms with Gasteiger partial charge >= 0.3 is 0 Å². The second kappa shape index (κ2) is 6.36. The summed E-state index contributed by atoms with van der Waals surface area (Å²) in [4.78, 5) is 11.4. The van der Waals surface area contributed by atoms with Gasteiger partial charge in [0.2, 0.25) is 0 Å². The highest BCUT2D eigenvalue weighted by atomic mass is 32.2. The van der Waals surface area contributed by atoms with Crippen molar-refractivity contribution in [2.24, 2.45) is 0 Å². The Labute approximate surface area is 110 Å². The Morgan fingerprint density at radius 2 is 1.89 bits per heavy atom. The molecule has 0 spiro atoms. The molecular weight excluding hydrogens is 247 g/mol. The zero-order valence-corrected chi connectivity index (χ0v) is 10.6. The van der Waals surface area contributed by atoms with Gasteiger partial charge in [0, 0.05) is 17.1 Å². The number of rotatable bonds is 5. The van der Waals surface area contributed by atoms with E-state index < -0.39 is 0 Å². The van der Waals surface area contributed by atoms with E-state index in [1.54, 1.807) is 17.8 Å². The van der Waals surface area contributed by atoms with Gasteiger partial charge in [0.15, 0.2) is 0 Å². The summed E-state index contributed by atoms with van der Waals surface area (Å²) in [5, 5.41) is 0. The van der Waals surface area contributed by atoms with E-state index >= 15 is 0 Å². The van der Waals surface area contributed by atoms with Crippen LogP contribution in [0.2, 0.25) is 0 Å². The largest absolute Gasteiger partial charge is 0.303 e. The van der Waals surface area contributed by atoms with Gasteiger partial charge in [-0.15, -0.1) is 11.8 Å². The molecule has 0 fully saturated rings. The fraction of sp³-hybridized carbons (Fsp3) is 0.133. The maximum atomic E-state index is 13.2. The van der Waals surface area contributed by atoms with E-state index in [1.165, 1.54) is 17.7 Å². The van der Waals surface area contributed by atoms with Crippen LogP contribution in [0.15, 0.2) is 53.4 Å². The number of hydrogen-bond donors (Lipinski definition) is 0. The van der Waals surface area contributed by atoms with E-state index in [9.17, 15) is 9.18 Å². The topological polar surface area (TPSA) is 17.1 Å². The van der Waals surface area contributed by atoms with Crippen molar-refractivity contribution in [3.05, 3.63) is 65.5 Å². The molecule has 0 aromatic heterocycles. The maximum Gasteiger partial charge on any atom is 0.124 e. The minimum atomic E-state index is -0.264. The number of carbonyl (C=O) groups excluding carboxylic acids is 1. The first-order valence-corrected chi connectivity index (χ1v) is 6.67. The normalized spacial score (nSPS) is 10.3. The Kier molecular flexibility index (Phi) is 4.53. The van der Waals surface area contributed by atoms with Gasteiger partial charge in [-0.2, -0.15) is 0 Å². The van der Waals surface area contributed by atoms with E-state index in [-0.39, 0.29) is 5.82 Å². The lowest BCUT2D eigenvalue weighted by Gasteiger charge is -2.07. The van der Waals surface area contributed by atoms with Gasteiger partial charge in [-0.05, 0) is 23.3 Å². The summed E-state index contributed by atoms with van der Waals surface area (Å²) >= 11 is 1.56. The predicted octanol–water partition coefficient (Wildman–Crippen LogP) is 3.86. The van der Waals surface area contributed by atoms with Crippen LogP contribution in [0.25, 0.3) is 0 Å². The highest BCUT2D eigenvalue weighted by Gasteiger charge is 2.05. The second-order valence-corrected chi connectivity index (χ2v) is 4.91. The van der Waals surface area contributed by atoms with Crippen LogP contribution in [0.5, 0.6) is 0 Å². The third kappa shape index (κ3) is 3.44. The molecule has 2 aromatic carbocycles. The van der Waals surface area contributed by atoms with E-state index in [1.807, 2.05) is 30.3 Å². The van der Waals surface area contributed by atoms with Gasteiger partial charge < -0.3 is 4.79 Å². The molecule has 1 nitrogen and oxygen atoms in total. The number of benzene rings is 2. The first kappa shape index (κ1) is 12.8. The summed E-state index contributed by atoms with van der Waals surface area (Å²) in [5.41, 5.74) is 2.07. The second-order valence-electron chi connectivity index (χ2n) is 3.90. The molecule has 0 aliphatic carbocycles. The number of aldehydes is 1. The Morgan fingerprint density at radius 1 is 1.11 bits per heavy atom. The number of hydrogen-bond acceptors (Lipinski definition) is 2. The summed E-state index contributed by atoms with van der Waals surface area (Å²) in [6.07, 6.45) is 1.18. The standard InChI is InChI=1S/C15H13FOS/c16-14-7-6-13(8-9-17)15(10-14)18-11-12-4-2-1-3-5-12/h1-7,9-10H,8,11H2. The molecule has 0 bridgehead atoms. The molecule has 92 valence electrons. The minimum Gasteiger partial charge on any atom is -0.303 e. The lowest BCUT2D eigenvalue weighted by Crippen LogP contribution is -1.91. The smallest absolute Gasteiger partial charge is 0.124 e. The van der Waals surface area contributed by atoms with Crippen LogP contribution in [0.1, 0.15) is 11.1 Å². The molecule has 0 N–H and O–H groups in total. The fourth-order valence-corrected chi connectivity index (χ4v) is 2.70. The van der Waals surface area contributed by atoms with E-state index in [4.69, 9.17) is 0 Å². The lowest BCUT2D eigenvalue weighted by atomic mass is 10.2. The SMILES string of the molecule is O=CCc1ccc(F)cc1SCc1ccccc1. The van der Waals surface area contributed by atoms with E-state index in [0.717, 1.165) is 22.5 Å². The molecule has 0 amide bonds. The van der Waals surface area contributed by atoms with E-state index in [2.05, 4.69) is 0 Å². The Morgan fingerprint density at radius 3 is 2.61 bits per heavy atom. The van der Waals surface area contributed by atoms with Gasteiger partial charge in [-0.3, -0.25) is 0 Å². The molecule has 2 rings (SSSR count). The molecule has 2 aromatic rings. The zero-order valence-electron chi connectivity index (χ0n) is 9.80. The van der Waals surface area contributed by atoms with Crippen molar-refractivity contribution in [3.63, 3.8) is 0 Å². The first-order chi connectivity index (χ1) is 8.79. The highest BCUT2D eigenvalue weighted by Crippen LogP contribution is 2.27. The Hall–Kier alpha value is -1.61. The molecule has 0 atom stereocenters. The van der Waals surface area contributed by atoms with Crippen molar-refractivity contribution in [3.8, 4) is 0 Å². The van der Waals surface area contributed by atoms with Crippen molar-refractivity contribution in [1.29, 1.82) is 0 Å². The van der Waals surface area contributed by atoms with Crippen molar-refractivity contribution in [2.45, 2.75) is 17.1 Å². The quantitative estimate of drug-likeness (QED) is 0.600. The van der Waals surface area contributed by atoms with Gasteiger partial charge in [-0.25, -0.2) is 4.39 Å². The summed E-state index contributed by atoms with van der Waals surface area (Å²) in [6.45, 7) is 0. The summed E-state index contributed by atoms with van der Waals surface area (Å²) in [6, 6.07) is 14.6. The number of carbonyl (C=O) groups is 1. The van der Waals surface area contributed by atoms with E-state index in [0.29, 0.717) is 6.42 Å². The average molecular weight is 260 g/mol. The minimum absolute atomic E-state index is 0.264. The maximum absolute atomic E-state index is 13.2. The monoisotopic (exact) mass is 260 g/mol. The van der Waals surface area contributed by atoms with Crippen molar-refractivity contribution < 1.29 is 9.18 Å². The van der Waals surface area contributed by atoms with Gasteiger partial charge in [-0.1, -0.05) is 36.4 Å². The molecule has 0 unspecified atom stereocenters. The van der Waals surface area contributed by atoms with Crippen LogP contribution in [-0.2, 0) is 17.0 Å². The summed E-state index contributed by atoms with van der Waals surface area (Å²) in [5.74, 6) is 0.510. The summed E-state index contributed by atoms with van der Waals surface area (Å²) in [7, 11) is 0. The van der Waals surface area contributed by atoms with Crippen LogP contribution in [0.4, 0.5) is 4.39 Å². The Bertz CT molecular complexity index is 525.